The van der Waals surface area contributed by atoms with Gasteiger partial charge in [0, 0.05) is 10.1 Å². The number of benzene rings is 1. The number of hydrogen-bond acceptors (Lipinski definition) is 5. The van der Waals surface area contributed by atoms with Gasteiger partial charge in [0.1, 0.15) is 6.54 Å². The fourth-order valence-corrected chi connectivity index (χ4v) is 3.04. The highest BCUT2D eigenvalue weighted by Gasteiger charge is 2.26. The van der Waals surface area contributed by atoms with Crippen LogP contribution in [0.4, 0.5) is 0 Å². The summed E-state index contributed by atoms with van der Waals surface area (Å²) in [6.45, 7) is 3.70. The van der Waals surface area contributed by atoms with Gasteiger partial charge in [-0.2, -0.15) is 5.26 Å². The molecule has 1 atom stereocenters. The number of carbonyl (C=O) groups is 2. The van der Waals surface area contributed by atoms with Gasteiger partial charge in [-0.1, -0.05) is 36.5 Å². The molecule has 0 saturated heterocycles. The normalized spacial score (nSPS) is 11.7. The summed E-state index contributed by atoms with van der Waals surface area (Å²) in [5.41, 5.74) is 0.274. The van der Waals surface area contributed by atoms with Gasteiger partial charge >= 0.3 is 0 Å². The first-order valence-electron chi connectivity index (χ1n) is 6.96. The summed E-state index contributed by atoms with van der Waals surface area (Å²) in [6.07, 6.45) is 0.740. The number of ketones is 1. The monoisotopic (exact) mass is 316 g/mol. The van der Waals surface area contributed by atoms with Crippen LogP contribution < -0.4 is 10.1 Å². The minimum Gasteiger partial charge on any atom is -0.480 e. The van der Waals surface area contributed by atoms with Crippen LogP contribution in [0.5, 0.6) is 5.06 Å². The number of carbonyl (C=O) groups excluding carboxylic acids is 2. The van der Waals surface area contributed by atoms with E-state index in [-0.39, 0.29) is 18.2 Å². The van der Waals surface area contributed by atoms with E-state index in [0.29, 0.717) is 10.4 Å². The number of thiophene rings is 1. The summed E-state index contributed by atoms with van der Waals surface area (Å²) >= 11 is 1.35. The number of ether oxygens (including phenoxy) is 1. The predicted molar refractivity (Wildman–Crippen MR) is 85.2 cm³/mol. The number of rotatable bonds is 6. The van der Waals surface area contributed by atoms with Gasteiger partial charge in [0.15, 0.2) is 5.06 Å². The summed E-state index contributed by atoms with van der Waals surface area (Å²) in [6, 6.07) is 9.14. The molecule has 1 heterocycles. The van der Waals surface area contributed by atoms with E-state index < -0.39 is 11.7 Å². The number of fused-ring (bicyclic) bond motifs is 1. The van der Waals surface area contributed by atoms with Crippen molar-refractivity contribution in [2.75, 3.05) is 6.54 Å². The third-order valence-corrected chi connectivity index (χ3v) is 4.27. The molecule has 0 fully saturated rings. The van der Waals surface area contributed by atoms with Crippen LogP contribution in [0.2, 0.25) is 0 Å². The summed E-state index contributed by atoms with van der Waals surface area (Å²) < 4.78 is 6.69. The number of hydrogen-bond donors (Lipinski definition) is 1. The van der Waals surface area contributed by atoms with E-state index in [9.17, 15) is 9.59 Å². The molecule has 0 aliphatic rings. The number of nitrogens with one attached hydrogen (secondary N) is 1. The molecule has 0 saturated carbocycles. The van der Waals surface area contributed by atoms with Crippen molar-refractivity contribution in [1.29, 1.82) is 5.26 Å². The predicted octanol–water partition coefficient (Wildman–Crippen LogP) is 2.90. The molecule has 0 aliphatic carbocycles. The lowest BCUT2D eigenvalue weighted by molar-refractivity contribution is -0.116. The molecule has 2 rings (SSSR count). The van der Waals surface area contributed by atoms with E-state index >= 15 is 0 Å². The lowest BCUT2D eigenvalue weighted by Gasteiger charge is -2.12. The Balaban J connectivity index is 2.45. The molecule has 0 bridgehead atoms. The van der Waals surface area contributed by atoms with Gasteiger partial charge in [-0.05, 0) is 19.4 Å². The Morgan fingerprint density at radius 2 is 2.14 bits per heavy atom. The molecule has 6 heteroatoms. The van der Waals surface area contributed by atoms with Crippen LogP contribution in [-0.2, 0) is 4.79 Å². The lowest BCUT2D eigenvalue weighted by Crippen LogP contribution is -2.31. The molecule has 114 valence electrons. The second kappa shape index (κ2) is 7.05. The standard InChI is InChI=1S/C16H16N2O3S/c1-3-10(2)21-16-13(14(19)15(20)18-9-8-17)11-6-4-5-7-12(11)22-16/h4-7,10H,3,9H2,1-2H3,(H,18,20). The van der Waals surface area contributed by atoms with Crippen molar-refractivity contribution < 1.29 is 14.3 Å². The summed E-state index contributed by atoms with van der Waals surface area (Å²) in [7, 11) is 0. The third kappa shape index (κ3) is 3.26. The highest BCUT2D eigenvalue weighted by atomic mass is 32.1. The van der Waals surface area contributed by atoms with Gasteiger partial charge in [-0.3, -0.25) is 9.59 Å². The maximum atomic E-state index is 12.4. The van der Waals surface area contributed by atoms with Crippen LogP contribution in [-0.4, -0.2) is 24.3 Å². The first-order chi connectivity index (χ1) is 10.6. The maximum absolute atomic E-state index is 12.4. The molecule has 1 unspecified atom stereocenters. The van der Waals surface area contributed by atoms with E-state index in [1.807, 2.05) is 32.0 Å². The van der Waals surface area contributed by atoms with Gasteiger partial charge in [-0.15, -0.1) is 0 Å². The Morgan fingerprint density at radius 1 is 1.41 bits per heavy atom. The third-order valence-electron chi connectivity index (χ3n) is 3.21. The van der Waals surface area contributed by atoms with Crippen molar-refractivity contribution >= 4 is 33.1 Å². The van der Waals surface area contributed by atoms with Crippen LogP contribution in [0.25, 0.3) is 10.1 Å². The largest absolute Gasteiger partial charge is 0.480 e. The van der Waals surface area contributed by atoms with Gasteiger partial charge in [-0.25, -0.2) is 0 Å². The Kier molecular flexibility index (Phi) is 5.12. The number of amides is 1. The van der Waals surface area contributed by atoms with E-state index in [4.69, 9.17) is 10.00 Å². The molecule has 0 spiro atoms. The molecular weight excluding hydrogens is 300 g/mol. The smallest absolute Gasteiger partial charge is 0.293 e. The highest BCUT2D eigenvalue weighted by Crippen LogP contribution is 2.38. The average molecular weight is 316 g/mol. The van der Waals surface area contributed by atoms with Gasteiger partial charge < -0.3 is 10.1 Å². The summed E-state index contributed by atoms with van der Waals surface area (Å²) in [5, 5.41) is 11.9. The molecule has 1 aromatic heterocycles. The minimum atomic E-state index is -0.792. The van der Waals surface area contributed by atoms with Crippen LogP contribution in [0, 0.1) is 11.3 Å². The first kappa shape index (κ1) is 16.0. The van der Waals surface area contributed by atoms with Crippen LogP contribution in [0.1, 0.15) is 30.6 Å². The first-order valence-corrected chi connectivity index (χ1v) is 7.77. The number of Topliss-reactive ketones (excluding diaryl/α,β-unsaturated/α-hetero) is 1. The fourth-order valence-electron chi connectivity index (χ4n) is 1.90. The fraction of sp³-hybridized carbons (Fsp3) is 0.312. The average Bonchev–Trinajstić information content (AvgIpc) is 2.89. The lowest BCUT2D eigenvalue weighted by atomic mass is 10.1. The molecule has 0 aliphatic heterocycles. The molecular formula is C16H16N2O3S. The zero-order valence-electron chi connectivity index (χ0n) is 12.4. The zero-order chi connectivity index (χ0) is 16.1. The van der Waals surface area contributed by atoms with E-state index in [1.54, 1.807) is 12.1 Å². The quantitative estimate of drug-likeness (QED) is 0.505. The van der Waals surface area contributed by atoms with Gasteiger partial charge in [0.25, 0.3) is 11.7 Å². The Morgan fingerprint density at radius 3 is 2.82 bits per heavy atom. The highest BCUT2D eigenvalue weighted by molar-refractivity contribution is 7.21. The molecule has 1 amide bonds. The Bertz CT molecular complexity index is 745. The van der Waals surface area contributed by atoms with Crippen molar-refractivity contribution in [2.24, 2.45) is 0 Å². The molecule has 22 heavy (non-hydrogen) atoms. The zero-order valence-corrected chi connectivity index (χ0v) is 13.2. The van der Waals surface area contributed by atoms with Crippen LogP contribution in [0.3, 0.4) is 0 Å². The van der Waals surface area contributed by atoms with Crippen molar-refractivity contribution in [3.05, 3.63) is 29.8 Å². The number of nitriles is 1. The van der Waals surface area contributed by atoms with E-state index in [1.165, 1.54) is 11.3 Å². The van der Waals surface area contributed by atoms with E-state index in [2.05, 4.69) is 5.32 Å². The summed E-state index contributed by atoms with van der Waals surface area (Å²) in [4.78, 5) is 24.3. The minimum absolute atomic E-state index is 0.0539. The second-order valence-electron chi connectivity index (χ2n) is 4.77. The topological polar surface area (TPSA) is 79.2 Å². The number of nitrogens with zero attached hydrogens (tertiary/aromatic N) is 1. The molecule has 1 N–H and O–H groups in total. The van der Waals surface area contributed by atoms with Crippen molar-refractivity contribution in [3.8, 4) is 11.1 Å². The molecule has 1 aromatic carbocycles. The van der Waals surface area contributed by atoms with Crippen LogP contribution in [0.15, 0.2) is 24.3 Å². The molecule has 0 radical (unpaired) electrons. The second-order valence-corrected chi connectivity index (χ2v) is 5.78. The maximum Gasteiger partial charge on any atom is 0.293 e. The van der Waals surface area contributed by atoms with Crippen molar-refractivity contribution in [2.45, 2.75) is 26.4 Å². The van der Waals surface area contributed by atoms with Crippen LogP contribution >= 0.6 is 11.3 Å². The van der Waals surface area contributed by atoms with Gasteiger partial charge in [0.2, 0.25) is 0 Å². The van der Waals surface area contributed by atoms with Crippen molar-refractivity contribution in [3.63, 3.8) is 0 Å². The van der Waals surface area contributed by atoms with E-state index in [0.717, 1.165) is 11.1 Å². The van der Waals surface area contributed by atoms with Gasteiger partial charge in [0.05, 0.1) is 17.7 Å². The molecule has 2 aromatic rings. The summed E-state index contributed by atoms with van der Waals surface area (Å²) in [5.74, 6) is -1.47. The SMILES string of the molecule is CCC(C)Oc1sc2ccccc2c1C(=O)C(=O)NCC#N. The molecule has 5 nitrogen and oxygen atoms in total. The Labute approximate surface area is 132 Å². The van der Waals surface area contributed by atoms with Crippen molar-refractivity contribution in [1.82, 2.24) is 5.32 Å². The Hall–Kier alpha value is -2.39.